The molecule has 5 nitrogen and oxygen atoms in total. The number of nitrogens with one attached hydrogen (secondary N) is 1. The zero-order valence-electron chi connectivity index (χ0n) is 11.0. The molecule has 0 radical (unpaired) electrons. The molecule has 2 N–H and O–H groups in total. The van der Waals surface area contributed by atoms with Gasteiger partial charge in [0.05, 0.1) is 5.75 Å². The van der Waals surface area contributed by atoms with Crippen molar-refractivity contribution in [1.29, 1.82) is 0 Å². The maximum atomic E-state index is 11.9. The summed E-state index contributed by atoms with van der Waals surface area (Å²) < 4.78 is 0. The number of likely N-dealkylation sites (N-methyl/N-ethyl adjacent to an activating group) is 1. The van der Waals surface area contributed by atoms with E-state index in [1.165, 1.54) is 18.7 Å². The van der Waals surface area contributed by atoms with Crippen molar-refractivity contribution in [2.24, 2.45) is 0 Å². The van der Waals surface area contributed by atoms with Gasteiger partial charge in [-0.3, -0.25) is 0 Å². The molecule has 0 spiro atoms. The fourth-order valence-electron chi connectivity index (χ4n) is 1.36. The van der Waals surface area contributed by atoms with Crippen molar-refractivity contribution >= 4 is 23.8 Å². The van der Waals surface area contributed by atoms with Gasteiger partial charge in [-0.05, 0) is 20.8 Å². The first-order chi connectivity index (χ1) is 8.37. The van der Waals surface area contributed by atoms with Gasteiger partial charge in [0.15, 0.2) is 0 Å². The second-order valence-corrected chi connectivity index (χ2v) is 5.20. The van der Waals surface area contributed by atoms with Crippen LogP contribution in [-0.4, -0.2) is 52.1 Å². The standard InChI is InChI=1S/C12H20N2O3S/c1-5-8-18-9-7-13-11(17)14(6-2)12(3,4)10(15)16/h1H,6-9H2,2-4H3,(H,13,17)(H,15,16). The first-order valence-corrected chi connectivity index (χ1v) is 6.83. The van der Waals surface area contributed by atoms with E-state index < -0.39 is 11.5 Å². The van der Waals surface area contributed by atoms with Gasteiger partial charge in [0, 0.05) is 18.8 Å². The first-order valence-electron chi connectivity index (χ1n) is 5.68. The van der Waals surface area contributed by atoms with Crippen molar-refractivity contribution in [1.82, 2.24) is 10.2 Å². The Morgan fingerprint density at radius 3 is 2.56 bits per heavy atom. The van der Waals surface area contributed by atoms with Crippen LogP contribution < -0.4 is 5.32 Å². The highest BCUT2D eigenvalue weighted by Crippen LogP contribution is 2.14. The number of terminal acetylenes is 1. The number of carbonyl (C=O) groups excluding carboxylic acids is 1. The number of hydrogen-bond acceptors (Lipinski definition) is 3. The minimum absolute atomic E-state index is 0.336. The Balaban J connectivity index is 4.29. The molecule has 0 rings (SSSR count). The molecular formula is C12H20N2O3S. The quantitative estimate of drug-likeness (QED) is 0.540. The average Bonchev–Trinajstić information content (AvgIpc) is 2.29. The van der Waals surface area contributed by atoms with Crippen LogP contribution in [0.4, 0.5) is 4.79 Å². The van der Waals surface area contributed by atoms with Crippen LogP contribution in [0.25, 0.3) is 0 Å². The zero-order chi connectivity index (χ0) is 14.2. The van der Waals surface area contributed by atoms with E-state index in [0.29, 0.717) is 24.6 Å². The predicted molar refractivity (Wildman–Crippen MR) is 73.7 cm³/mol. The number of urea groups is 1. The van der Waals surface area contributed by atoms with Gasteiger partial charge in [-0.25, -0.2) is 9.59 Å². The van der Waals surface area contributed by atoms with E-state index in [1.54, 1.807) is 18.7 Å². The number of carboxylic acid groups (broad SMARTS) is 1. The summed E-state index contributed by atoms with van der Waals surface area (Å²) in [4.78, 5) is 24.2. The molecule has 0 aliphatic rings. The van der Waals surface area contributed by atoms with Crippen molar-refractivity contribution in [2.45, 2.75) is 26.3 Å². The summed E-state index contributed by atoms with van der Waals surface area (Å²) in [6, 6.07) is -0.369. The highest BCUT2D eigenvalue weighted by Gasteiger charge is 2.36. The Labute approximate surface area is 112 Å². The number of carbonyl (C=O) groups is 2. The molecule has 0 aliphatic carbocycles. The highest BCUT2D eigenvalue weighted by atomic mass is 32.2. The maximum Gasteiger partial charge on any atom is 0.329 e. The number of rotatable bonds is 7. The molecule has 18 heavy (non-hydrogen) atoms. The fraction of sp³-hybridized carbons (Fsp3) is 0.667. The monoisotopic (exact) mass is 272 g/mol. The summed E-state index contributed by atoms with van der Waals surface area (Å²) in [5, 5.41) is 11.8. The third-order valence-corrected chi connectivity index (χ3v) is 3.33. The molecule has 0 unspecified atom stereocenters. The Morgan fingerprint density at radius 1 is 1.50 bits per heavy atom. The summed E-state index contributed by atoms with van der Waals surface area (Å²) >= 11 is 1.54. The van der Waals surface area contributed by atoms with E-state index in [0.717, 1.165) is 0 Å². The fourth-order valence-corrected chi connectivity index (χ4v) is 1.87. The van der Waals surface area contributed by atoms with Gasteiger partial charge in [-0.2, -0.15) is 0 Å². The first kappa shape index (κ1) is 16.6. The molecule has 0 aliphatic heterocycles. The van der Waals surface area contributed by atoms with E-state index in [9.17, 15) is 9.59 Å². The molecule has 0 bridgehead atoms. The average molecular weight is 272 g/mol. The Morgan fingerprint density at radius 2 is 2.11 bits per heavy atom. The van der Waals surface area contributed by atoms with Crippen LogP contribution in [0.3, 0.4) is 0 Å². The third-order valence-electron chi connectivity index (χ3n) is 2.47. The largest absolute Gasteiger partial charge is 0.480 e. The van der Waals surface area contributed by atoms with Crippen molar-refractivity contribution in [3.63, 3.8) is 0 Å². The van der Waals surface area contributed by atoms with Crippen molar-refractivity contribution < 1.29 is 14.7 Å². The van der Waals surface area contributed by atoms with Crippen molar-refractivity contribution in [2.75, 3.05) is 24.6 Å². The van der Waals surface area contributed by atoms with Gasteiger partial charge in [-0.1, -0.05) is 5.92 Å². The number of hydrogen-bond donors (Lipinski definition) is 2. The maximum absolute atomic E-state index is 11.9. The normalized spacial score (nSPS) is 10.6. The predicted octanol–water partition coefficient (Wildman–Crippen LogP) is 1.25. The smallest absolute Gasteiger partial charge is 0.329 e. The van der Waals surface area contributed by atoms with Gasteiger partial charge in [0.2, 0.25) is 0 Å². The van der Waals surface area contributed by atoms with Gasteiger partial charge in [0.25, 0.3) is 0 Å². The summed E-state index contributed by atoms with van der Waals surface area (Å²) in [7, 11) is 0. The van der Waals surface area contributed by atoms with Gasteiger partial charge >= 0.3 is 12.0 Å². The number of aliphatic carboxylic acids is 1. The lowest BCUT2D eigenvalue weighted by Gasteiger charge is -2.34. The van der Waals surface area contributed by atoms with Crippen LogP contribution in [0.1, 0.15) is 20.8 Å². The molecule has 0 saturated carbocycles. The lowest BCUT2D eigenvalue weighted by atomic mass is 10.0. The Hall–Kier alpha value is -1.35. The molecule has 0 saturated heterocycles. The third kappa shape index (κ3) is 4.88. The van der Waals surface area contributed by atoms with Crippen molar-refractivity contribution in [3.05, 3.63) is 0 Å². The molecule has 2 amide bonds. The summed E-state index contributed by atoms with van der Waals surface area (Å²) in [6.07, 6.45) is 5.10. The molecular weight excluding hydrogens is 252 g/mol. The minimum Gasteiger partial charge on any atom is -0.480 e. The lowest BCUT2D eigenvalue weighted by Crippen LogP contribution is -2.56. The van der Waals surface area contributed by atoms with Crippen molar-refractivity contribution in [3.8, 4) is 12.3 Å². The van der Waals surface area contributed by atoms with Gasteiger partial charge in [-0.15, -0.1) is 18.2 Å². The van der Waals surface area contributed by atoms with Crippen LogP contribution in [0.5, 0.6) is 0 Å². The van der Waals surface area contributed by atoms with E-state index >= 15 is 0 Å². The molecule has 0 fully saturated rings. The molecule has 0 atom stereocenters. The van der Waals surface area contributed by atoms with Crippen LogP contribution in [0, 0.1) is 12.3 Å². The zero-order valence-corrected chi connectivity index (χ0v) is 11.8. The molecule has 0 aromatic carbocycles. The molecule has 102 valence electrons. The highest BCUT2D eigenvalue weighted by molar-refractivity contribution is 7.99. The Kier molecular flexibility index (Phi) is 7.29. The Bertz CT molecular complexity index is 337. The molecule has 0 aromatic rings. The number of thioether (sulfide) groups is 1. The number of nitrogens with zero attached hydrogens (tertiary/aromatic N) is 1. The minimum atomic E-state index is -1.22. The summed E-state index contributed by atoms with van der Waals surface area (Å²) in [5.74, 6) is 2.78. The number of amides is 2. The van der Waals surface area contributed by atoms with Gasteiger partial charge < -0.3 is 15.3 Å². The molecule has 0 aromatic heterocycles. The van der Waals surface area contributed by atoms with Crippen LogP contribution >= 0.6 is 11.8 Å². The topological polar surface area (TPSA) is 69.6 Å². The second-order valence-electron chi connectivity index (χ2n) is 4.10. The van der Waals surface area contributed by atoms with Gasteiger partial charge in [0.1, 0.15) is 5.54 Å². The van der Waals surface area contributed by atoms with Crippen LogP contribution in [0.15, 0.2) is 0 Å². The molecule has 6 heteroatoms. The summed E-state index contributed by atoms with van der Waals surface area (Å²) in [6.45, 7) is 5.56. The lowest BCUT2D eigenvalue weighted by molar-refractivity contribution is -0.147. The second kappa shape index (κ2) is 7.88. The molecule has 0 heterocycles. The van der Waals surface area contributed by atoms with E-state index in [1.807, 2.05) is 0 Å². The van der Waals surface area contributed by atoms with E-state index in [2.05, 4.69) is 11.2 Å². The SMILES string of the molecule is C#CCSCCNC(=O)N(CC)C(C)(C)C(=O)O. The van der Waals surface area contributed by atoms with Crippen LogP contribution in [0.2, 0.25) is 0 Å². The van der Waals surface area contributed by atoms with Crippen LogP contribution in [-0.2, 0) is 4.79 Å². The van der Waals surface area contributed by atoms with E-state index in [4.69, 9.17) is 11.5 Å². The number of carboxylic acids is 1. The van der Waals surface area contributed by atoms with E-state index in [-0.39, 0.29) is 6.03 Å². The summed E-state index contributed by atoms with van der Waals surface area (Å²) in [5.41, 5.74) is -1.22.